The first-order valence-corrected chi connectivity index (χ1v) is 8.90. The minimum atomic E-state index is 0.204. The van der Waals surface area contributed by atoms with E-state index in [1.807, 2.05) is 0 Å². The van der Waals surface area contributed by atoms with Crippen molar-refractivity contribution in [3.8, 4) is 5.75 Å². The summed E-state index contributed by atoms with van der Waals surface area (Å²) in [6.45, 7) is 3.36. The van der Waals surface area contributed by atoms with Crippen LogP contribution in [-0.4, -0.2) is 25.1 Å². The maximum absolute atomic E-state index is 5.48. The Hall–Kier alpha value is -2.06. The lowest BCUT2D eigenvalue weighted by atomic mass is 9.68. The zero-order valence-electron chi connectivity index (χ0n) is 14.4. The van der Waals surface area contributed by atoms with Gasteiger partial charge in [0, 0.05) is 12.0 Å². The number of nitrogens with zero attached hydrogens (tertiary/aromatic N) is 1. The molecule has 0 N–H and O–H groups in total. The molecule has 0 aromatic heterocycles. The van der Waals surface area contributed by atoms with Crippen molar-refractivity contribution in [3.05, 3.63) is 77.4 Å². The summed E-state index contributed by atoms with van der Waals surface area (Å²) >= 11 is 0. The van der Waals surface area contributed by atoms with Crippen molar-refractivity contribution in [1.29, 1.82) is 0 Å². The van der Waals surface area contributed by atoms with Gasteiger partial charge in [0.1, 0.15) is 5.75 Å². The van der Waals surface area contributed by atoms with Crippen LogP contribution in [0.5, 0.6) is 5.75 Å². The average Bonchev–Trinajstić information content (AvgIpc) is 2.65. The fourth-order valence-electron chi connectivity index (χ4n) is 4.21. The lowest BCUT2D eigenvalue weighted by Crippen LogP contribution is -2.42. The maximum atomic E-state index is 5.48. The lowest BCUT2D eigenvalue weighted by molar-refractivity contribution is 0.174. The molecule has 0 radical (unpaired) electrons. The van der Waals surface area contributed by atoms with E-state index in [-0.39, 0.29) is 5.41 Å². The van der Waals surface area contributed by atoms with Crippen LogP contribution < -0.4 is 4.74 Å². The number of fused-ring (bicyclic) bond motifs is 2. The van der Waals surface area contributed by atoms with E-state index in [1.165, 1.54) is 29.5 Å². The number of hydrogen-bond acceptors (Lipinski definition) is 2. The molecule has 2 heteroatoms. The highest BCUT2D eigenvalue weighted by Crippen LogP contribution is 2.42. The SMILES string of the molecule is COc1ccc2c(c1)C1(C=CC2)CCN(Cc2ccccc2)CC1. The quantitative estimate of drug-likeness (QED) is 0.780. The zero-order valence-corrected chi connectivity index (χ0v) is 14.4. The van der Waals surface area contributed by atoms with E-state index in [1.54, 1.807) is 7.11 Å². The largest absolute Gasteiger partial charge is 0.497 e. The Kier molecular flexibility index (Phi) is 4.15. The predicted molar refractivity (Wildman–Crippen MR) is 98.5 cm³/mol. The molecule has 2 aliphatic rings. The molecule has 1 spiro atoms. The van der Waals surface area contributed by atoms with E-state index < -0.39 is 0 Å². The molecule has 0 atom stereocenters. The van der Waals surface area contributed by atoms with Gasteiger partial charge in [-0.25, -0.2) is 0 Å². The first kappa shape index (κ1) is 15.5. The molecular formula is C22H25NO. The predicted octanol–water partition coefficient (Wildman–Crippen LogP) is 4.34. The molecule has 2 aromatic rings. The van der Waals surface area contributed by atoms with Crippen LogP contribution in [0.4, 0.5) is 0 Å². The monoisotopic (exact) mass is 319 g/mol. The highest BCUT2D eigenvalue weighted by Gasteiger charge is 2.37. The van der Waals surface area contributed by atoms with Gasteiger partial charge in [-0.2, -0.15) is 0 Å². The summed E-state index contributed by atoms with van der Waals surface area (Å²) in [5.74, 6) is 0.982. The number of rotatable bonds is 3. The molecule has 124 valence electrons. The second-order valence-corrected chi connectivity index (χ2v) is 7.05. The van der Waals surface area contributed by atoms with Crippen molar-refractivity contribution in [3.63, 3.8) is 0 Å². The molecule has 1 heterocycles. The fourth-order valence-corrected chi connectivity index (χ4v) is 4.21. The fraction of sp³-hybridized carbons (Fsp3) is 0.364. The first-order valence-electron chi connectivity index (χ1n) is 8.90. The third-order valence-corrected chi connectivity index (χ3v) is 5.63. The highest BCUT2D eigenvalue weighted by atomic mass is 16.5. The normalized spacial score (nSPS) is 19.2. The van der Waals surface area contributed by atoms with Gasteiger partial charge in [0.05, 0.1) is 7.11 Å². The molecule has 0 saturated carbocycles. The number of allylic oxidation sites excluding steroid dienone is 2. The van der Waals surface area contributed by atoms with Crippen molar-refractivity contribution in [1.82, 2.24) is 4.90 Å². The molecule has 1 saturated heterocycles. The van der Waals surface area contributed by atoms with Crippen LogP contribution in [0.3, 0.4) is 0 Å². The summed E-state index contributed by atoms with van der Waals surface area (Å²) in [4.78, 5) is 2.59. The Morgan fingerprint density at radius 2 is 1.83 bits per heavy atom. The van der Waals surface area contributed by atoms with Gasteiger partial charge in [-0.05, 0) is 61.2 Å². The van der Waals surface area contributed by atoms with E-state index in [2.05, 4.69) is 65.6 Å². The van der Waals surface area contributed by atoms with Crippen LogP contribution >= 0.6 is 0 Å². The van der Waals surface area contributed by atoms with Gasteiger partial charge >= 0.3 is 0 Å². The summed E-state index contributed by atoms with van der Waals surface area (Å²) in [5, 5.41) is 0. The summed E-state index contributed by atoms with van der Waals surface area (Å²) in [5.41, 5.74) is 4.57. The maximum Gasteiger partial charge on any atom is 0.119 e. The molecule has 2 aromatic carbocycles. The van der Waals surface area contributed by atoms with Crippen LogP contribution in [0.25, 0.3) is 0 Å². The number of likely N-dealkylation sites (tertiary alicyclic amines) is 1. The molecule has 0 bridgehead atoms. The summed E-state index contributed by atoms with van der Waals surface area (Å²) in [6, 6.07) is 17.4. The van der Waals surface area contributed by atoms with E-state index in [4.69, 9.17) is 4.74 Å². The van der Waals surface area contributed by atoms with Gasteiger partial charge in [0.15, 0.2) is 0 Å². The van der Waals surface area contributed by atoms with Crippen molar-refractivity contribution in [2.75, 3.05) is 20.2 Å². The minimum Gasteiger partial charge on any atom is -0.497 e. The van der Waals surface area contributed by atoms with E-state index in [0.29, 0.717) is 0 Å². The van der Waals surface area contributed by atoms with E-state index in [0.717, 1.165) is 31.8 Å². The number of hydrogen-bond donors (Lipinski definition) is 0. The Morgan fingerprint density at radius 1 is 1.04 bits per heavy atom. The standard InChI is InChI=1S/C22H25NO/c1-24-20-10-9-19-8-5-11-22(21(19)16-20)12-14-23(15-13-22)17-18-6-3-2-4-7-18/h2-7,9-11,16H,8,12-15,17H2,1H3. The molecule has 4 rings (SSSR count). The number of benzene rings is 2. The van der Waals surface area contributed by atoms with Crippen LogP contribution in [0.15, 0.2) is 60.7 Å². The Bertz CT molecular complexity index is 727. The van der Waals surface area contributed by atoms with Gasteiger partial charge in [0.25, 0.3) is 0 Å². The van der Waals surface area contributed by atoms with Crippen LogP contribution in [-0.2, 0) is 18.4 Å². The summed E-state index contributed by atoms with van der Waals surface area (Å²) < 4.78 is 5.48. The van der Waals surface area contributed by atoms with Gasteiger partial charge in [-0.1, -0.05) is 48.6 Å². The highest BCUT2D eigenvalue weighted by molar-refractivity contribution is 5.47. The average molecular weight is 319 g/mol. The number of piperidine rings is 1. The smallest absolute Gasteiger partial charge is 0.119 e. The number of methoxy groups -OCH3 is 1. The third-order valence-electron chi connectivity index (χ3n) is 5.63. The molecule has 1 aliphatic heterocycles. The lowest BCUT2D eigenvalue weighted by Gasteiger charge is -2.43. The van der Waals surface area contributed by atoms with Crippen molar-refractivity contribution in [2.45, 2.75) is 31.2 Å². The second-order valence-electron chi connectivity index (χ2n) is 7.05. The van der Waals surface area contributed by atoms with Gasteiger partial charge in [0.2, 0.25) is 0 Å². The summed E-state index contributed by atoms with van der Waals surface area (Å²) in [7, 11) is 1.76. The second kappa shape index (κ2) is 6.45. The molecule has 24 heavy (non-hydrogen) atoms. The van der Waals surface area contributed by atoms with E-state index >= 15 is 0 Å². The zero-order chi connectivity index (χ0) is 16.4. The first-order chi connectivity index (χ1) is 11.8. The molecule has 1 fully saturated rings. The van der Waals surface area contributed by atoms with Crippen LogP contribution in [0, 0.1) is 0 Å². The molecular weight excluding hydrogens is 294 g/mol. The molecule has 1 aliphatic carbocycles. The van der Waals surface area contributed by atoms with Crippen molar-refractivity contribution < 1.29 is 4.74 Å². The summed E-state index contributed by atoms with van der Waals surface area (Å²) in [6.07, 6.45) is 8.26. The topological polar surface area (TPSA) is 12.5 Å². The van der Waals surface area contributed by atoms with Crippen LogP contribution in [0.1, 0.15) is 29.5 Å². The van der Waals surface area contributed by atoms with Gasteiger partial charge in [-0.15, -0.1) is 0 Å². The van der Waals surface area contributed by atoms with E-state index in [9.17, 15) is 0 Å². The minimum absolute atomic E-state index is 0.204. The van der Waals surface area contributed by atoms with Crippen LogP contribution in [0.2, 0.25) is 0 Å². The molecule has 2 nitrogen and oxygen atoms in total. The van der Waals surface area contributed by atoms with Crippen molar-refractivity contribution >= 4 is 0 Å². The van der Waals surface area contributed by atoms with Gasteiger partial charge < -0.3 is 4.74 Å². The van der Waals surface area contributed by atoms with Crippen molar-refractivity contribution in [2.24, 2.45) is 0 Å². The third kappa shape index (κ3) is 2.87. The Labute approximate surface area is 144 Å². The Morgan fingerprint density at radius 3 is 2.58 bits per heavy atom. The number of ether oxygens (including phenoxy) is 1. The van der Waals surface area contributed by atoms with Gasteiger partial charge in [-0.3, -0.25) is 4.90 Å². The molecule has 0 amide bonds. The molecule has 0 unspecified atom stereocenters. The Balaban J connectivity index is 1.52.